The van der Waals surface area contributed by atoms with Crippen molar-refractivity contribution in [2.24, 2.45) is 0 Å². The summed E-state index contributed by atoms with van der Waals surface area (Å²) in [6.07, 6.45) is -0.870. The number of carbonyl (C=O) groups is 3. The van der Waals surface area contributed by atoms with E-state index in [4.69, 9.17) is 9.47 Å². The lowest BCUT2D eigenvalue weighted by Crippen LogP contribution is -2.46. The average molecular weight is 395 g/mol. The van der Waals surface area contributed by atoms with Crippen LogP contribution in [0.4, 0.5) is 0 Å². The van der Waals surface area contributed by atoms with Gasteiger partial charge in [-0.05, 0) is 57.0 Å². The number of hydrogen-bond donors (Lipinski definition) is 1. The first-order valence-electron chi connectivity index (χ1n) is 9.56. The Morgan fingerprint density at radius 1 is 1.14 bits per heavy atom. The van der Waals surface area contributed by atoms with Gasteiger partial charge in [0.05, 0.1) is 11.1 Å². The molecule has 0 unspecified atom stereocenters. The van der Waals surface area contributed by atoms with Gasteiger partial charge in [0, 0.05) is 12.0 Å². The summed E-state index contributed by atoms with van der Waals surface area (Å²) in [6, 6.07) is 14.2. The van der Waals surface area contributed by atoms with Gasteiger partial charge >= 0.3 is 11.9 Å². The van der Waals surface area contributed by atoms with Crippen molar-refractivity contribution in [2.75, 3.05) is 0 Å². The molecule has 0 aromatic heterocycles. The zero-order chi connectivity index (χ0) is 21.2. The van der Waals surface area contributed by atoms with Crippen molar-refractivity contribution < 1.29 is 23.9 Å². The maximum Gasteiger partial charge on any atom is 0.339 e. The van der Waals surface area contributed by atoms with Crippen molar-refractivity contribution >= 4 is 17.8 Å². The molecule has 2 aromatic rings. The number of rotatable bonds is 4. The number of nitrogens with one attached hydrogen (secondary N) is 1. The van der Waals surface area contributed by atoms with Crippen LogP contribution in [0.15, 0.2) is 48.5 Å². The summed E-state index contributed by atoms with van der Waals surface area (Å²) in [5.41, 5.74) is 1.92. The summed E-state index contributed by atoms with van der Waals surface area (Å²) in [6.45, 7) is 7.08. The van der Waals surface area contributed by atoms with Crippen LogP contribution in [0, 0.1) is 0 Å². The fourth-order valence-electron chi connectivity index (χ4n) is 3.13. The molecule has 0 saturated heterocycles. The first kappa shape index (κ1) is 20.6. The molecule has 6 heteroatoms. The van der Waals surface area contributed by atoms with Crippen molar-refractivity contribution in [1.82, 2.24) is 5.32 Å². The molecule has 0 aliphatic carbocycles. The Hall–Kier alpha value is -3.15. The van der Waals surface area contributed by atoms with E-state index in [1.165, 1.54) is 13.0 Å². The molecule has 0 radical (unpaired) electrons. The lowest BCUT2D eigenvalue weighted by atomic mass is 9.93. The lowest BCUT2D eigenvalue weighted by molar-refractivity contribution is -0.130. The van der Waals surface area contributed by atoms with E-state index in [9.17, 15) is 14.4 Å². The minimum absolute atomic E-state index is 0.292. The highest BCUT2D eigenvalue weighted by atomic mass is 16.6. The van der Waals surface area contributed by atoms with E-state index < -0.39 is 29.7 Å². The van der Waals surface area contributed by atoms with Crippen LogP contribution in [0.1, 0.15) is 65.6 Å². The topological polar surface area (TPSA) is 81.7 Å². The Morgan fingerprint density at radius 2 is 1.83 bits per heavy atom. The Morgan fingerprint density at radius 3 is 2.48 bits per heavy atom. The Bertz CT molecular complexity index is 930. The minimum atomic E-state index is -0.931. The van der Waals surface area contributed by atoms with Crippen LogP contribution in [0.25, 0.3) is 0 Å². The second kappa shape index (κ2) is 8.07. The SMILES string of the molecule is C[C@@H](OC(=O)c1ccc2c(c1)C[C@H](c1ccccc1)OC2=O)C(=O)NC(C)(C)C. The number of hydrogen-bond acceptors (Lipinski definition) is 5. The van der Waals surface area contributed by atoms with E-state index in [0.29, 0.717) is 17.5 Å². The molecule has 0 spiro atoms. The molecule has 2 aromatic carbocycles. The standard InChI is InChI=1S/C23H25NO5/c1-14(20(25)24-23(2,3)4)28-21(26)16-10-11-18-17(12-16)13-19(29-22(18)27)15-8-6-5-7-9-15/h5-12,14,19H,13H2,1-4H3,(H,24,25)/t14-,19-/m1/s1. The quantitative estimate of drug-likeness (QED) is 0.800. The number of fused-ring (bicyclic) bond motifs is 1. The number of amides is 1. The van der Waals surface area contributed by atoms with E-state index >= 15 is 0 Å². The number of cyclic esters (lactones) is 1. The monoisotopic (exact) mass is 395 g/mol. The molecule has 0 bridgehead atoms. The zero-order valence-corrected chi connectivity index (χ0v) is 17.0. The van der Waals surface area contributed by atoms with Crippen LogP contribution in [-0.2, 0) is 20.7 Å². The summed E-state index contributed by atoms with van der Waals surface area (Å²) in [7, 11) is 0. The molecule has 0 saturated carbocycles. The molecule has 1 amide bonds. The highest BCUT2D eigenvalue weighted by Gasteiger charge is 2.29. The van der Waals surface area contributed by atoms with Crippen LogP contribution in [0.5, 0.6) is 0 Å². The molecular weight excluding hydrogens is 370 g/mol. The fraction of sp³-hybridized carbons (Fsp3) is 0.348. The molecule has 152 valence electrons. The predicted octanol–water partition coefficient (Wildman–Crippen LogP) is 3.60. The van der Waals surface area contributed by atoms with Crippen molar-refractivity contribution in [1.29, 1.82) is 0 Å². The molecule has 0 fully saturated rings. The van der Waals surface area contributed by atoms with Gasteiger partial charge < -0.3 is 14.8 Å². The smallest absolute Gasteiger partial charge is 0.339 e. The molecule has 1 aliphatic heterocycles. The Kier molecular flexibility index (Phi) is 5.73. The summed E-state index contributed by atoms with van der Waals surface area (Å²) in [4.78, 5) is 37.0. The Balaban J connectivity index is 1.75. The van der Waals surface area contributed by atoms with Crippen molar-refractivity contribution in [3.05, 3.63) is 70.8 Å². The molecule has 29 heavy (non-hydrogen) atoms. The second-order valence-electron chi connectivity index (χ2n) is 8.17. The summed E-state index contributed by atoms with van der Waals surface area (Å²) >= 11 is 0. The van der Waals surface area contributed by atoms with Crippen LogP contribution < -0.4 is 5.32 Å². The third kappa shape index (κ3) is 5.02. The average Bonchev–Trinajstić information content (AvgIpc) is 2.66. The molecule has 6 nitrogen and oxygen atoms in total. The van der Waals surface area contributed by atoms with Crippen molar-refractivity contribution in [3.8, 4) is 0 Å². The van der Waals surface area contributed by atoms with Gasteiger partial charge in [-0.1, -0.05) is 30.3 Å². The summed E-state index contributed by atoms with van der Waals surface area (Å²) in [5.74, 6) is -1.39. The molecule has 1 aliphatic rings. The number of benzene rings is 2. The van der Waals surface area contributed by atoms with Crippen LogP contribution in [0.2, 0.25) is 0 Å². The first-order valence-corrected chi connectivity index (χ1v) is 9.56. The third-order valence-corrected chi connectivity index (χ3v) is 4.54. The molecule has 1 heterocycles. The van der Waals surface area contributed by atoms with Gasteiger partial charge in [0.1, 0.15) is 6.10 Å². The van der Waals surface area contributed by atoms with Crippen LogP contribution >= 0.6 is 0 Å². The van der Waals surface area contributed by atoms with Gasteiger partial charge in [-0.25, -0.2) is 9.59 Å². The van der Waals surface area contributed by atoms with E-state index in [1.54, 1.807) is 12.1 Å². The Labute approximate surface area is 170 Å². The molecule has 3 rings (SSSR count). The number of ether oxygens (including phenoxy) is 2. The van der Waals surface area contributed by atoms with Crippen molar-refractivity contribution in [2.45, 2.75) is 51.9 Å². The van der Waals surface area contributed by atoms with Gasteiger partial charge in [-0.3, -0.25) is 4.79 Å². The van der Waals surface area contributed by atoms with Gasteiger partial charge in [-0.15, -0.1) is 0 Å². The number of carbonyl (C=O) groups excluding carboxylic acids is 3. The number of esters is 2. The van der Waals surface area contributed by atoms with E-state index in [1.807, 2.05) is 51.1 Å². The largest absolute Gasteiger partial charge is 0.454 e. The maximum atomic E-state index is 12.5. The molecule has 2 atom stereocenters. The third-order valence-electron chi connectivity index (χ3n) is 4.54. The first-order chi connectivity index (χ1) is 13.6. The predicted molar refractivity (Wildman–Crippen MR) is 108 cm³/mol. The van der Waals surface area contributed by atoms with Crippen LogP contribution in [0.3, 0.4) is 0 Å². The second-order valence-corrected chi connectivity index (χ2v) is 8.17. The minimum Gasteiger partial charge on any atom is -0.454 e. The zero-order valence-electron chi connectivity index (χ0n) is 17.0. The lowest BCUT2D eigenvalue weighted by Gasteiger charge is -2.25. The molecular formula is C23H25NO5. The highest BCUT2D eigenvalue weighted by Crippen LogP contribution is 2.31. The molecule has 1 N–H and O–H groups in total. The van der Waals surface area contributed by atoms with Gasteiger partial charge in [-0.2, -0.15) is 0 Å². The van der Waals surface area contributed by atoms with Gasteiger partial charge in [0.15, 0.2) is 6.10 Å². The van der Waals surface area contributed by atoms with Crippen molar-refractivity contribution in [3.63, 3.8) is 0 Å². The summed E-state index contributed by atoms with van der Waals surface area (Å²) in [5, 5.41) is 2.78. The maximum absolute atomic E-state index is 12.5. The van der Waals surface area contributed by atoms with Gasteiger partial charge in [0.2, 0.25) is 0 Å². The van der Waals surface area contributed by atoms with E-state index in [2.05, 4.69) is 5.32 Å². The fourth-order valence-corrected chi connectivity index (χ4v) is 3.13. The van der Waals surface area contributed by atoms with E-state index in [-0.39, 0.29) is 5.91 Å². The normalized spacial score (nSPS) is 17.0. The highest BCUT2D eigenvalue weighted by molar-refractivity contribution is 5.96. The summed E-state index contributed by atoms with van der Waals surface area (Å²) < 4.78 is 10.8. The van der Waals surface area contributed by atoms with E-state index in [0.717, 1.165) is 11.1 Å². The van der Waals surface area contributed by atoms with Crippen LogP contribution in [-0.4, -0.2) is 29.5 Å². The van der Waals surface area contributed by atoms with Gasteiger partial charge in [0.25, 0.3) is 5.91 Å².